The molecule has 1 N–H and O–H groups in total. The molecular formula is C26H25N3O4. The van der Waals surface area contributed by atoms with Gasteiger partial charge in [0, 0.05) is 24.8 Å². The molecule has 33 heavy (non-hydrogen) atoms. The van der Waals surface area contributed by atoms with Crippen LogP contribution in [0.2, 0.25) is 0 Å². The third kappa shape index (κ3) is 4.72. The van der Waals surface area contributed by atoms with Crippen LogP contribution in [0.15, 0.2) is 83.7 Å². The molecule has 0 radical (unpaired) electrons. The number of hydrogen-bond acceptors (Lipinski definition) is 4. The first kappa shape index (κ1) is 22.1. The first-order valence-corrected chi connectivity index (χ1v) is 10.7. The van der Waals surface area contributed by atoms with E-state index in [2.05, 4.69) is 5.32 Å². The van der Waals surface area contributed by atoms with E-state index in [9.17, 15) is 14.4 Å². The monoisotopic (exact) mass is 443 g/mol. The minimum Gasteiger partial charge on any atom is -0.452 e. The maximum Gasteiger partial charge on any atom is 0.328 e. The summed E-state index contributed by atoms with van der Waals surface area (Å²) in [5, 5.41) is 2.85. The number of carbonyl (C=O) groups excluding carboxylic acids is 2. The Morgan fingerprint density at radius 1 is 0.909 bits per heavy atom. The summed E-state index contributed by atoms with van der Waals surface area (Å²) in [4.78, 5) is 37.6. The first-order valence-electron chi connectivity index (χ1n) is 10.7. The van der Waals surface area contributed by atoms with E-state index in [1.54, 1.807) is 11.6 Å². The van der Waals surface area contributed by atoms with Gasteiger partial charge in [-0.15, -0.1) is 0 Å². The molecule has 0 saturated heterocycles. The van der Waals surface area contributed by atoms with Crippen molar-refractivity contribution in [1.82, 2.24) is 9.13 Å². The second-order valence-corrected chi connectivity index (χ2v) is 7.76. The van der Waals surface area contributed by atoms with Crippen LogP contribution in [0.1, 0.15) is 13.3 Å². The highest BCUT2D eigenvalue weighted by atomic mass is 16.5. The highest BCUT2D eigenvalue weighted by Gasteiger charge is 2.20. The quantitative estimate of drug-likeness (QED) is 0.438. The number of esters is 1. The number of imidazole rings is 1. The molecule has 0 aliphatic rings. The maximum atomic E-state index is 12.7. The Hall–Kier alpha value is -4.13. The lowest BCUT2D eigenvalue weighted by atomic mass is 10.0. The first-order chi connectivity index (χ1) is 16.0. The Morgan fingerprint density at radius 3 is 2.30 bits per heavy atom. The van der Waals surface area contributed by atoms with Crippen molar-refractivity contribution in [3.05, 3.63) is 89.3 Å². The highest BCUT2D eigenvalue weighted by Crippen LogP contribution is 2.27. The van der Waals surface area contributed by atoms with Crippen LogP contribution in [0.5, 0.6) is 0 Å². The Morgan fingerprint density at radius 2 is 1.55 bits per heavy atom. The van der Waals surface area contributed by atoms with Crippen LogP contribution in [0, 0.1) is 0 Å². The fourth-order valence-corrected chi connectivity index (χ4v) is 3.79. The van der Waals surface area contributed by atoms with Crippen LogP contribution in [-0.2, 0) is 27.9 Å². The molecule has 1 heterocycles. The summed E-state index contributed by atoms with van der Waals surface area (Å²) in [5.74, 6) is -0.970. The normalized spacial score (nSPS) is 11.8. The molecule has 0 bridgehead atoms. The van der Waals surface area contributed by atoms with Gasteiger partial charge >= 0.3 is 11.7 Å². The topological polar surface area (TPSA) is 82.3 Å². The van der Waals surface area contributed by atoms with E-state index in [1.807, 2.05) is 78.9 Å². The predicted octanol–water partition coefficient (Wildman–Crippen LogP) is 3.97. The minimum atomic E-state index is -0.981. The zero-order chi connectivity index (χ0) is 23.4. The predicted molar refractivity (Wildman–Crippen MR) is 128 cm³/mol. The fraction of sp³-hybridized carbons (Fsp3) is 0.192. The van der Waals surface area contributed by atoms with Gasteiger partial charge in [-0.1, -0.05) is 60.7 Å². The summed E-state index contributed by atoms with van der Waals surface area (Å²) in [6.45, 7) is 1.70. The van der Waals surface area contributed by atoms with Crippen molar-refractivity contribution < 1.29 is 14.3 Å². The Balaban J connectivity index is 1.39. The molecule has 0 fully saturated rings. The third-order valence-corrected chi connectivity index (χ3v) is 5.54. The van der Waals surface area contributed by atoms with Crippen molar-refractivity contribution >= 4 is 28.6 Å². The average molecular weight is 444 g/mol. The van der Waals surface area contributed by atoms with Crippen molar-refractivity contribution in [1.29, 1.82) is 0 Å². The van der Waals surface area contributed by atoms with Gasteiger partial charge in [0.25, 0.3) is 5.91 Å². The number of nitrogens with zero attached hydrogens (tertiary/aromatic N) is 2. The number of fused-ring (bicyclic) bond motifs is 1. The van der Waals surface area contributed by atoms with Gasteiger partial charge < -0.3 is 10.1 Å². The van der Waals surface area contributed by atoms with E-state index in [0.717, 1.165) is 22.2 Å². The Bertz CT molecular complexity index is 1350. The molecule has 4 rings (SSSR count). The van der Waals surface area contributed by atoms with Crippen molar-refractivity contribution in [2.45, 2.75) is 26.0 Å². The molecule has 168 valence electrons. The van der Waals surface area contributed by atoms with Crippen LogP contribution in [-0.4, -0.2) is 27.1 Å². The number of hydrogen-bond donors (Lipinski definition) is 1. The maximum absolute atomic E-state index is 12.7. The number of nitrogens with one attached hydrogen (secondary N) is 1. The summed E-state index contributed by atoms with van der Waals surface area (Å²) in [6.07, 6.45) is -1.00. The van der Waals surface area contributed by atoms with Gasteiger partial charge in [0.1, 0.15) is 0 Å². The molecule has 0 aliphatic carbocycles. The van der Waals surface area contributed by atoms with Crippen molar-refractivity contribution in [2.24, 2.45) is 7.05 Å². The van der Waals surface area contributed by atoms with E-state index in [0.29, 0.717) is 5.69 Å². The lowest BCUT2D eigenvalue weighted by molar-refractivity contribution is -0.153. The van der Waals surface area contributed by atoms with E-state index < -0.39 is 18.0 Å². The lowest BCUT2D eigenvalue weighted by Crippen LogP contribution is -2.31. The molecular weight excluding hydrogens is 418 g/mol. The van der Waals surface area contributed by atoms with Crippen molar-refractivity contribution in [2.75, 3.05) is 5.32 Å². The van der Waals surface area contributed by atoms with Crippen molar-refractivity contribution in [3.8, 4) is 11.1 Å². The molecule has 4 aromatic rings. The van der Waals surface area contributed by atoms with Crippen LogP contribution in [0.3, 0.4) is 0 Å². The zero-order valence-electron chi connectivity index (χ0n) is 18.5. The molecule has 7 nitrogen and oxygen atoms in total. The highest BCUT2D eigenvalue weighted by molar-refractivity contribution is 5.98. The summed E-state index contributed by atoms with van der Waals surface area (Å²) < 4.78 is 8.42. The average Bonchev–Trinajstić information content (AvgIpc) is 3.08. The van der Waals surface area contributed by atoms with Gasteiger partial charge in [-0.25, -0.2) is 4.79 Å². The molecule has 1 atom stereocenters. The Labute approximate surface area is 191 Å². The van der Waals surface area contributed by atoms with Gasteiger partial charge in [-0.2, -0.15) is 0 Å². The molecule has 0 saturated carbocycles. The number of para-hydroxylation sites is 3. The number of rotatable bonds is 7. The van der Waals surface area contributed by atoms with E-state index >= 15 is 0 Å². The van der Waals surface area contributed by atoms with E-state index in [-0.39, 0.29) is 18.7 Å². The summed E-state index contributed by atoms with van der Waals surface area (Å²) in [6, 6.07) is 24.6. The van der Waals surface area contributed by atoms with Gasteiger partial charge in [0.05, 0.1) is 17.5 Å². The molecule has 1 amide bonds. The van der Waals surface area contributed by atoms with Crippen LogP contribution >= 0.6 is 0 Å². The summed E-state index contributed by atoms with van der Waals surface area (Å²) >= 11 is 0. The summed E-state index contributed by atoms with van der Waals surface area (Å²) in [7, 11) is 1.69. The minimum absolute atomic E-state index is 0.0217. The largest absolute Gasteiger partial charge is 0.452 e. The number of benzene rings is 3. The third-order valence-electron chi connectivity index (χ3n) is 5.54. The second kappa shape index (κ2) is 9.56. The van der Waals surface area contributed by atoms with Gasteiger partial charge in [0.2, 0.25) is 0 Å². The number of aromatic nitrogens is 2. The molecule has 1 unspecified atom stereocenters. The van der Waals surface area contributed by atoms with Gasteiger partial charge in [-0.3, -0.25) is 18.7 Å². The molecule has 7 heteroatoms. The van der Waals surface area contributed by atoms with Gasteiger partial charge in [0.15, 0.2) is 6.10 Å². The molecule has 0 spiro atoms. The standard InChI is InChI=1S/C26H25N3O4/c1-18(25(31)27-21-13-7-6-12-20(21)19-10-4-3-5-11-19)33-24(30)16-17-29-23-15-9-8-14-22(23)28(2)26(29)32/h3-15,18H,16-17H2,1-2H3,(H,27,31). The second-order valence-electron chi connectivity index (χ2n) is 7.76. The molecule has 3 aromatic carbocycles. The summed E-state index contributed by atoms with van der Waals surface area (Å²) in [5.41, 5.74) is 3.83. The molecule has 1 aromatic heterocycles. The van der Waals surface area contributed by atoms with Gasteiger partial charge in [-0.05, 0) is 30.7 Å². The number of anilines is 1. The number of ether oxygens (including phenoxy) is 1. The SMILES string of the molecule is CC(OC(=O)CCn1c(=O)n(C)c2ccccc21)C(=O)Nc1ccccc1-c1ccccc1. The smallest absolute Gasteiger partial charge is 0.328 e. The van der Waals surface area contributed by atoms with E-state index in [4.69, 9.17) is 4.74 Å². The number of amides is 1. The van der Waals surface area contributed by atoms with Crippen LogP contribution in [0.4, 0.5) is 5.69 Å². The lowest BCUT2D eigenvalue weighted by Gasteiger charge is -2.16. The van der Waals surface area contributed by atoms with Crippen molar-refractivity contribution in [3.63, 3.8) is 0 Å². The zero-order valence-corrected chi connectivity index (χ0v) is 18.5. The van der Waals surface area contributed by atoms with E-state index in [1.165, 1.54) is 11.5 Å². The molecule has 0 aliphatic heterocycles. The fourth-order valence-electron chi connectivity index (χ4n) is 3.79. The number of aryl methyl sites for hydroxylation is 2. The van der Waals surface area contributed by atoms with Crippen LogP contribution in [0.25, 0.3) is 22.2 Å². The van der Waals surface area contributed by atoms with Crippen LogP contribution < -0.4 is 11.0 Å². The number of carbonyl (C=O) groups is 2. The Kier molecular flexibility index (Phi) is 6.40.